The molecule has 0 N–H and O–H groups in total. The first kappa shape index (κ1) is 12.1. The first-order chi connectivity index (χ1) is 8.22. The average Bonchev–Trinajstić information content (AvgIpc) is 2.73. The SMILES string of the molecule is CCOC(=O)c1nc(C2CCCCC2)oc1C. The Labute approximate surface area is 101 Å². The molecule has 1 aliphatic carbocycles. The lowest BCUT2D eigenvalue weighted by atomic mass is 9.89. The second kappa shape index (κ2) is 5.34. The highest BCUT2D eigenvalue weighted by atomic mass is 16.5. The number of ether oxygens (including phenoxy) is 1. The van der Waals surface area contributed by atoms with Crippen molar-refractivity contribution in [2.45, 2.75) is 51.9 Å². The van der Waals surface area contributed by atoms with Crippen LogP contribution in [0.1, 0.15) is 67.1 Å². The summed E-state index contributed by atoms with van der Waals surface area (Å²) >= 11 is 0. The molecule has 0 spiro atoms. The molecule has 2 rings (SSSR count). The third-order valence-electron chi connectivity index (χ3n) is 3.24. The van der Waals surface area contributed by atoms with Crippen LogP contribution in [0.2, 0.25) is 0 Å². The summed E-state index contributed by atoms with van der Waals surface area (Å²) < 4.78 is 10.6. The molecule has 17 heavy (non-hydrogen) atoms. The van der Waals surface area contributed by atoms with Crippen LogP contribution in [0.4, 0.5) is 0 Å². The molecule has 1 aliphatic rings. The lowest BCUT2D eigenvalue weighted by molar-refractivity contribution is 0.0518. The van der Waals surface area contributed by atoms with Crippen LogP contribution in [0.3, 0.4) is 0 Å². The molecule has 1 fully saturated rings. The molecule has 0 amide bonds. The van der Waals surface area contributed by atoms with Gasteiger partial charge in [0.05, 0.1) is 6.61 Å². The fraction of sp³-hybridized carbons (Fsp3) is 0.692. The van der Waals surface area contributed by atoms with E-state index in [4.69, 9.17) is 9.15 Å². The molecule has 0 radical (unpaired) electrons. The smallest absolute Gasteiger partial charge is 0.360 e. The third-order valence-corrected chi connectivity index (χ3v) is 3.24. The van der Waals surface area contributed by atoms with Gasteiger partial charge in [-0.1, -0.05) is 19.3 Å². The van der Waals surface area contributed by atoms with Crippen LogP contribution in [0, 0.1) is 6.92 Å². The number of hydrogen-bond donors (Lipinski definition) is 0. The maximum absolute atomic E-state index is 11.6. The van der Waals surface area contributed by atoms with Crippen molar-refractivity contribution < 1.29 is 13.9 Å². The zero-order valence-electron chi connectivity index (χ0n) is 10.5. The van der Waals surface area contributed by atoms with Crippen LogP contribution in [-0.2, 0) is 4.74 Å². The van der Waals surface area contributed by atoms with Crippen LogP contribution in [0.15, 0.2) is 4.42 Å². The second-order valence-corrected chi connectivity index (χ2v) is 4.51. The molecule has 1 aromatic rings. The Morgan fingerprint density at radius 1 is 1.41 bits per heavy atom. The number of aryl methyl sites for hydroxylation is 1. The third kappa shape index (κ3) is 2.68. The van der Waals surface area contributed by atoms with Crippen molar-refractivity contribution in [1.29, 1.82) is 0 Å². The van der Waals surface area contributed by atoms with E-state index < -0.39 is 0 Å². The van der Waals surface area contributed by atoms with Crippen LogP contribution in [0.25, 0.3) is 0 Å². The van der Waals surface area contributed by atoms with Gasteiger partial charge in [0.15, 0.2) is 11.6 Å². The molecule has 1 heterocycles. The van der Waals surface area contributed by atoms with E-state index >= 15 is 0 Å². The summed E-state index contributed by atoms with van der Waals surface area (Å²) in [6.45, 7) is 3.92. The molecule has 0 unspecified atom stereocenters. The molecule has 4 nitrogen and oxygen atoms in total. The van der Waals surface area contributed by atoms with Gasteiger partial charge in [0.25, 0.3) is 0 Å². The van der Waals surface area contributed by atoms with E-state index in [-0.39, 0.29) is 5.97 Å². The zero-order chi connectivity index (χ0) is 12.3. The Morgan fingerprint density at radius 3 is 2.76 bits per heavy atom. The fourth-order valence-corrected chi connectivity index (χ4v) is 2.33. The normalized spacial score (nSPS) is 17.1. The summed E-state index contributed by atoms with van der Waals surface area (Å²) in [6, 6.07) is 0. The molecule has 1 aromatic heterocycles. The Hall–Kier alpha value is -1.32. The van der Waals surface area contributed by atoms with Crippen molar-refractivity contribution in [3.05, 3.63) is 17.3 Å². The molecular formula is C13H19NO3. The van der Waals surface area contributed by atoms with Crippen molar-refractivity contribution in [3.63, 3.8) is 0 Å². The molecule has 0 aliphatic heterocycles. The van der Waals surface area contributed by atoms with Crippen molar-refractivity contribution in [2.24, 2.45) is 0 Å². The molecule has 1 saturated carbocycles. The minimum absolute atomic E-state index is 0.340. The number of rotatable bonds is 3. The molecule has 0 saturated heterocycles. The summed E-state index contributed by atoms with van der Waals surface area (Å²) in [5.74, 6) is 1.29. The van der Waals surface area contributed by atoms with Crippen molar-refractivity contribution in [3.8, 4) is 0 Å². The summed E-state index contributed by atoms with van der Waals surface area (Å²) in [5.41, 5.74) is 0.340. The van der Waals surface area contributed by atoms with Gasteiger partial charge in [0, 0.05) is 5.92 Å². The van der Waals surface area contributed by atoms with E-state index in [1.807, 2.05) is 0 Å². The summed E-state index contributed by atoms with van der Waals surface area (Å²) in [6.07, 6.45) is 5.97. The number of carbonyl (C=O) groups excluding carboxylic acids is 1. The first-order valence-corrected chi connectivity index (χ1v) is 6.36. The van der Waals surface area contributed by atoms with E-state index in [1.54, 1.807) is 13.8 Å². The van der Waals surface area contributed by atoms with Gasteiger partial charge in [0.1, 0.15) is 5.76 Å². The van der Waals surface area contributed by atoms with E-state index in [1.165, 1.54) is 19.3 Å². The Kier molecular flexibility index (Phi) is 3.82. The van der Waals surface area contributed by atoms with Crippen molar-refractivity contribution >= 4 is 5.97 Å². The average molecular weight is 237 g/mol. The Morgan fingerprint density at radius 2 is 2.12 bits per heavy atom. The molecule has 4 heteroatoms. The maximum atomic E-state index is 11.6. The van der Waals surface area contributed by atoms with Crippen LogP contribution < -0.4 is 0 Å². The standard InChI is InChI=1S/C13H19NO3/c1-3-16-13(15)11-9(2)17-12(14-11)10-7-5-4-6-8-10/h10H,3-8H2,1-2H3. The monoisotopic (exact) mass is 237 g/mol. The maximum Gasteiger partial charge on any atom is 0.360 e. The number of carbonyl (C=O) groups is 1. The van der Waals surface area contributed by atoms with Crippen molar-refractivity contribution in [1.82, 2.24) is 4.98 Å². The molecule has 94 valence electrons. The van der Waals surface area contributed by atoms with E-state index in [2.05, 4.69) is 4.98 Å². The highest BCUT2D eigenvalue weighted by Crippen LogP contribution is 2.32. The second-order valence-electron chi connectivity index (χ2n) is 4.51. The molecule has 0 atom stereocenters. The summed E-state index contributed by atoms with van der Waals surface area (Å²) in [4.78, 5) is 15.9. The van der Waals surface area contributed by atoms with Gasteiger partial charge >= 0.3 is 5.97 Å². The highest BCUT2D eigenvalue weighted by molar-refractivity contribution is 5.88. The Balaban J connectivity index is 2.14. The zero-order valence-corrected chi connectivity index (χ0v) is 10.5. The quantitative estimate of drug-likeness (QED) is 0.757. The van der Waals surface area contributed by atoms with Crippen molar-refractivity contribution in [2.75, 3.05) is 6.61 Å². The van der Waals surface area contributed by atoms with Gasteiger partial charge in [-0.25, -0.2) is 9.78 Å². The van der Waals surface area contributed by atoms with E-state index in [0.29, 0.717) is 29.9 Å². The Bertz CT molecular complexity index is 391. The van der Waals surface area contributed by atoms with E-state index in [9.17, 15) is 4.79 Å². The topological polar surface area (TPSA) is 52.3 Å². The number of hydrogen-bond acceptors (Lipinski definition) is 4. The summed E-state index contributed by atoms with van der Waals surface area (Å²) in [7, 11) is 0. The molecule has 0 bridgehead atoms. The van der Waals surface area contributed by atoms with Crippen LogP contribution >= 0.6 is 0 Å². The molecule has 0 aromatic carbocycles. The number of nitrogens with zero attached hydrogens (tertiary/aromatic N) is 1. The van der Waals surface area contributed by atoms with Gasteiger partial charge in [-0.15, -0.1) is 0 Å². The predicted molar refractivity (Wildman–Crippen MR) is 63.0 cm³/mol. The number of oxazole rings is 1. The lowest BCUT2D eigenvalue weighted by Crippen LogP contribution is -2.08. The molecular weight excluding hydrogens is 218 g/mol. The van der Waals surface area contributed by atoms with Gasteiger partial charge in [-0.05, 0) is 26.7 Å². The lowest BCUT2D eigenvalue weighted by Gasteiger charge is -2.17. The van der Waals surface area contributed by atoms with Gasteiger partial charge in [0.2, 0.25) is 0 Å². The highest BCUT2D eigenvalue weighted by Gasteiger charge is 2.24. The fourth-order valence-electron chi connectivity index (χ4n) is 2.33. The number of esters is 1. The van der Waals surface area contributed by atoms with Crippen LogP contribution in [-0.4, -0.2) is 17.6 Å². The van der Waals surface area contributed by atoms with Gasteiger partial charge < -0.3 is 9.15 Å². The van der Waals surface area contributed by atoms with Crippen LogP contribution in [0.5, 0.6) is 0 Å². The minimum atomic E-state index is -0.379. The van der Waals surface area contributed by atoms with Gasteiger partial charge in [-0.3, -0.25) is 0 Å². The van der Waals surface area contributed by atoms with Gasteiger partial charge in [-0.2, -0.15) is 0 Å². The summed E-state index contributed by atoms with van der Waals surface area (Å²) in [5, 5.41) is 0. The first-order valence-electron chi connectivity index (χ1n) is 6.36. The predicted octanol–water partition coefficient (Wildman–Crippen LogP) is 3.21. The van der Waals surface area contributed by atoms with E-state index in [0.717, 1.165) is 12.8 Å². The minimum Gasteiger partial charge on any atom is -0.461 e. The number of aromatic nitrogens is 1. The largest absolute Gasteiger partial charge is 0.461 e.